The molecule has 2 aliphatic rings. The smallest absolute Gasteiger partial charge is 0.309 e. The highest BCUT2D eigenvalue weighted by Crippen LogP contribution is 2.40. The summed E-state index contributed by atoms with van der Waals surface area (Å²) < 4.78 is 26.9. The molecule has 2 unspecified atom stereocenters. The summed E-state index contributed by atoms with van der Waals surface area (Å²) >= 11 is 0. The van der Waals surface area contributed by atoms with E-state index in [1.807, 2.05) is 13.8 Å². The second-order valence-electron chi connectivity index (χ2n) is 13.3. The van der Waals surface area contributed by atoms with Crippen molar-refractivity contribution in [2.45, 2.75) is 107 Å². The van der Waals surface area contributed by atoms with Gasteiger partial charge in [0.2, 0.25) is 0 Å². The third-order valence-corrected chi connectivity index (χ3v) is 10.4. The molecule has 2 rings (SSSR count). The van der Waals surface area contributed by atoms with Gasteiger partial charge in [0.1, 0.15) is 0 Å². The summed E-state index contributed by atoms with van der Waals surface area (Å²) in [5.41, 5.74) is -1.35. The van der Waals surface area contributed by atoms with Crippen LogP contribution in [-0.2, 0) is 26.4 Å². The number of aliphatic hydroxyl groups is 1. The van der Waals surface area contributed by atoms with Crippen LogP contribution in [0.25, 0.3) is 0 Å². The molecule has 0 radical (unpaired) electrons. The first-order valence-corrected chi connectivity index (χ1v) is 15.7. The number of carboxylic acid groups (broad SMARTS) is 1. The molecule has 0 fully saturated rings. The second-order valence-corrected chi connectivity index (χ2v) is 16.5. The van der Waals surface area contributed by atoms with Gasteiger partial charge in [-0.1, -0.05) is 65.8 Å². The Labute approximate surface area is 229 Å². The van der Waals surface area contributed by atoms with Crippen molar-refractivity contribution in [3.8, 4) is 0 Å². The summed E-state index contributed by atoms with van der Waals surface area (Å²) in [7, 11) is -2.44. The van der Waals surface area contributed by atoms with Crippen LogP contribution < -0.4 is 0 Å². The van der Waals surface area contributed by atoms with Crippen molar-refractivity contribution in [1.29, 1.82) is 0 Å². The van der Waals surface area contributed by atoms with Crippen molar-refractivity contribution >= 4 is 27.6 Å². The maximum absolute atomic E-state index is 13.4. The highest BCUT2D eigenvalue weighted by atomic mass is 32.2. The summed E-state index contributed by atoms with van der Waals surface area (Å²) in [6.45, 7) is 16.1. The predicted octanol–water partition coefficient (Wildman–Crippen LogP) is 7.35. The third kappa shape index (κ3) is 9.43. The Bertz CT molecular complexity index is 1040. The van der Waals surface area contributed by atoms with Gasteiger partial charge >= 0.3 is 5.97 Å². The summed E-state index contributed by atoms with van der Waals surface area (Å²) in [5.74, 6) is -0.811. The van der Waals surface area contributed by atoms with Crippen LogP contribution in [-0.4, -0.2) is 31.2 Å². The Hall–Kier alpha value is -1.31. The van der Waals surface area contributed by atoms with E-state index in [-0.39, 0.29) is 22.9 Å². The van der Waals surface area contributed by atoms with Crippen LogP contribution >= 0.6 is 0 Å². The number of aliphatic carboxylic acids is 1. The first-order valence-electron chi connectivity index (χ1n) is 13.4. The Morgan fingerprint density at radius 1 is 0.730 bits per heavy atom. The maximum atomic E-state index is 13.4. The van der Waals surface area contributed by atoms with Crippen LogP contribution in [0.3, 0.4) is 0 Å². The van der Waals surface area contributed by atoms with E-state index in [1.54, 1.807) is 13.8 Å². The van der Waals surface area contributed by atoms with Gasteiger partial charge in [0.25, 0.3) is 0 Å². The van der Waals surface area contributed by atoms with Crippen LogP contribution in [0.4, 0.5) is 0 Å². The molecule has 0 bridgehead atoms. The molecule has 7 heteroatoms. The quantitative estimate of drug-likeness (QED) is 0.249. The molecule has 2 N–H and O–H groups in total. The van der Waals surface area contributed by atoms with E-state index < -0.39 is 33.0 Å². The highest BCUT2D eigenvalue weighted by Gasteiger charge is 2.31. The van der Waals surface area contributed by atoms with Crippen molar-refractivity contribution in [2.75, 3.05) is 6.61 Å². The molecule has 0 aliphatic carbocycles. The van der Waals surface area contributed by atoms with E-state index in [0.29, 0.717) is 32.1 Å². The summed E-state index contributed by atoms with van der Waals surface area (Å²) in [4.78, 5) is 15.0. The third-order valence-electron chi connectivity index (χ3n) is 7.21. The van der Waals surface area contributed by atoms with Crippen molar-refractivity contribution < 1.29 is 23.4 Å². The van der Waals surface area contributed by atoms with Gasteiger partial charge in [0.15, 0.2) is 0 Å². The molecule has 0 spiro atoms. The first kappa shape index (κ1) is 31.9. The number of carboxylic acids is 1. The molecule has 37 heavy (non-hydrogen) atoms. The molecule has 2 aliphatic heterocycles. The molecular formula is C30H48O5S2. The number of allylic oxidation sites excluding steroid dienone is 8. The van der Waals surface area contributed by atoms with E-state index in [0.717, 1.165) is 38.9 Å². The average molecular weight is 553 g/mol. The fourth-order valence-corrected chi connectivity index (χ4v) is 8.38. The zero-order valence-electron chi connectivity index (χ0n) is 24.1. The fourth-order valence-electron chi connectivity index (χ4n) is 4.83. The zero-order valence-corrected chi connectivity index (χ0v) is 25.7. The standard InChI is InChI=1S/C30H48O5S2/c1-27(2,21-31)15-9-11-22-17-28(3,4)19-24(36(22)34)13-14-25-20-29(5,6)18-23(37(25)35)12-10-16-30(7,8)26(32)33/h17-20,31H,9-16,21H2,1-8H3,(H,32,33). The van der Waals surface area contributed by atoms with E-state index >= 15 is 0 Å². The van der Waals surface area contributed by atoms with Crippen LogP contribution in [0.2, 0.25) is 0 Å². The molecule has 0 saturated heterocycles. The van der Waals surface area contributed by atoms with E-state index in [2.05, 4.69) is 52.0 Å². The highest BCUT2D eigenvalue weighted by molar-refractivity contribution is 7.93. The molecule has 5 nitrogen and oxygen atoms in total. The Kier molecular flexibility index (Phi) is 10.6. The zero-order chi connectivity index (χ0) is 28.2. The van der Waals surface area contributed by atoms with Crippen LogP contribution in [0.1, 0.15) is 107 Å². The van der Waals surface area contributed by atoms with Gasteiger partial charge in [0.05, 0.1) is 27.0 Å². The van der Waals surface area contributed by atoms with Crippen LogP contribution in [0.15, 0.2) is 43.9 Å². The van der Waals surface area contributed by atoms with Gasteiger partial charge in [-0.25, -0.2) is 8.42 Å². The van der Waals surface area contributed by atoms with Gasteiger partial charge in [-0.15, -0.1) is 0 Å². The van der Waals surface area contributed by atoms with Crippen molar-refractivity contribution in [2.24, 2.45) is 21.7 Å². The fraction of sp³-hybridized carbons (Fsp3) is 0.700. The Morgan fingerprint density at radius 2 is 1.08 bits per heavy atom. The van der Waals surface area contributed by atoms with Gasteiger partial charge < -0.3 is 10.2 Å². The van der Waals surface area contributed by atoms with E-state index in [9.17, 15) is 23.4 Å². The Balaban J connectivity index is 2.07. The van der Waals surface area contributed by atoms with Crippen molar-refractivity contribution in [3.63, 3.8) is 0 Å². The monoisotopic (exact) mass is 552 g/mol. The minimum Gasteiger partial charge on any atom is -0.481 e. The summed E-state index contributed by atoms with van der Waals surface area (Å²) in [6.07, 6.45) is 13.9. The lowest BCUT2D eigenvalue weighted by atomic mass is 9.86. The number of carbonyl (C=O) groups is 1. The van der Waals surface area contributed by atoms with E-state index in [1.165, 1.54) is 0 Å². The van der Waals surface area contributed by atoms with Crippen molar-refractivity contribution in [3.05, 3.63) is 43.9 Å². The molecule has 0 amide bonds. The van der Waals surface area contributed by atoms with Crippen LogP contribution in [0, 0.1) is 21.7 Å². The lowest BCUT2D eigenvalue weighted by Gasteiger charge is -2.29. The molecule has 0 aromatic heterocycles. The molecular weight excluding hydrogens is 504 g/mol. The average Bonchev–Trinajstić information content (AvgIpc) is 2.76. The molecule has 0 aromatic rings. The molecule has 210 valence electrons. The largest absolute Gasteiger partial charge is 0.481 e. The van der Waals surface area contributed by atoms with Gasteiger partial charge in [-0.2, -0.15) is 0 Å². The predicted molar refractivity (Wildman–Crippen MR) is 155 cm³/mol. The van der Waals surface area contributed by atoms with Crippen molar-refractivity contribution in [1.82, 2.24) is 0 Å². The van der Waals surface area contributed by atoms with Gasteiger partial charge in [-0.3, -0.25) is 4.79 Å². The lowest BCUT2D eigenvalue weighted by molar-refractivity contribution is -0.147. The number of aliphatic hydroxyl groups excluding tert-OH is 1. The Morgan fingerprint density at radius 3 is 1.43 bits per heavy atom. The van der Waals surface area contributed by atoms with Gasteiger partial charge in [-0.05, 0) is 70.6 Å². The molecule has 0 saturated carbocycles. The van der Waals surface area contributed by atoms with Crippen LogP contribution in [0.5, 0.6) is 0 Å². The first-order chi connectivity index (χ1) is 16.9. The SMILES string of the molecule is CC1(C)C=C(CCCC(C)(C)CO)S(=O)C(CCC2=CC(C)(C)C=C(CCCC(C)(C)C(=O)O)S2=O)=C1. The summed E-state index contributed by atoms with van der Waals surface area (Å²) in [6, 6.07) is 0. The minimum absolute atomic E-state index is 0.135. The van der Waals surface area contributed by atoms with Gasteiger partial charge in [0, 0.05) is 37.1 Å². The number of hydrogen-bond donors (Lipinski definition) is 2. The summed E-state index contributed by atoms with van der Waals surface area (Å²) in [5, 5.41) is 18.9. The maximum Gasteiger partial charge on any atom is 0.309 e. The second kappa shape index (κ2) is 12.3. The van der Waals surface area contributed by atoms with E-state index in [4.69, 9.17) is 0 Å². The lowest BCUT2D eigenvalue weighted by Crippen LogP contribution is -2.23. The topological polar surface area (TPSA) is 91.7 Å². The number of rotatable bonds is 13. The molecule has 2 atom stereocenters. The normalized spacial score (nSPS) is 23.6. The molecule has 0 aromatic carbocycles. The number of hydrogen-bond acceptors (Lipinski definition) is 4. The minimum atomic E-state index is -1.25. The molecule has 2 heterocycles.